The van der Waals surface area contributed by atoms with Crippen LogP contribution in [0.15, 0.2) is 57.7 Å². The number of ether oxygens (including phenoxy) is 1. The fourth-order valence-electron chi connectivity index (χ4n) is 4.30. The third kappa shape index (κ3) is 5.30. The molecule has 0 saturated carbocycles. The molecule has 1 aromatic heterocycles. The van der Waals surface area contributed by atoms with Crippen LogP contribution in [0.3, 0.4) is 0 Å². The summed E-state index contributed by atoms with van der Waals surface area (Å²) in [5.74, 6) is 0.0353. The summed E-state index contributed by atoms with van der Waals surface area (Å²) < 4.78 is 10.7. The van der Waals surface area contributed by atoms with Crippen LogP contribution in [-0.2, 0) is 4.74 Å². The van der Waals surface area contributed by atoms with Crippen LogP contribution in [0.5, 0.6) is 0 Å². The number of hydrogen-bond donors (Lipinski definition) is 1. The van der Waals surface area contributed by atoms with Crippen LogP contribution in [0.1, 0.15) is 43.1 Å². The first kappa shape index (κ1) is 23.5. The van der Waals surface area contributed by atoms with Gasteiger partial charge in [0.15, 0.2) is 0 Å². The summed E-state index contributed by atoms with van der Waals surface area (Å²) in [6.45, 7) is 9.04. The van der Waals surface area contributed by atoms with Crippen molar-refractivity contribution >= 4 is 23.0 Å². The Kier molecular flexibility index (Phi) is 6.46. The number of carbonyl (C=O) groups excluding carboxylic acids is 2. The van der Waals surface area contributed by atoms with Crippen molar-refractivity contribution in [2.45, 2.75) is 39.7 Å². The van der Waals surface area contributed by atoms with Gasteiger partial charge in [0.05, 0.1) is 0 Å². The van der Waals surface area contributed by atoms with E-state index in [1.807, 2.05) is 58.0 Å². The summed E-state index contributed by atoms with van der Waals surface area (Å²) in [4.78, 5) is 39.1. The molecule has 0 unspecified atom stereocenters. The number of rotatable bonds is 4. The van der Waals surface area contributed by atoms with Crippen LogP contribution in [0.2, 0.25) is 0 Å². The maximum absolute atomic E-state index is 13.2. The molecule has 4 rings (SSSR count). The van der Waals surface area contributed by atoms with Crippen LogP contribution in [0.4, 0.5) is 4.79 Å². The number of alkyl carbamates (subject to hydrolysis) is 1. The van der Waals surface area contributed by atoms with Gasteiger partial charge in [0.25, 0.3) is 5.91 Å². The van der Waals surface area contributed by atoms with Gasteiger partial charge in [-0.15, -0.1) is 0 Å². The molecule has 0 bridgehead atoms. The maximum Gasteiger partial charge on any atom is 0.407 e. The molecule has 1 aliphatic heterocycles. The van der Waals surface area contributed by atoms with Gasteiger partial charge in [-0.25, -0.2) is 9.59 Å². The summed E-state index contributed by atoms with van der Waals surface area (Å²) in [7, 11) is 0. The quantitative estimate of drug-likeness (QED) is 0.565. The first-order valence-corrected chi connectivity index (χ1v) is 11.5. The van der Waals surface area contributed by atoms with Gasteiger partial charge in [-0.05, 0) is 69.4 Å². The van der Waals surface area contributed by atoms with Crippen molar-refractivity contribution < 1.29 is 18.7 Å². The van der Waals surface area contributed by atoms with Crippen molar-refractivity contribution in [3.63, 3.8) is 0 Å². The van der Waals surface area contributed by atoms with Crippen LogP contribution in [0, 0.1) is 12.8 Å². The minimum absolute atomic E-state index is 0.120. The predicted molar refractivity (Wildman–Crippen MR) is 131 cm³/mol. The molecule has 7 nitrogen and oxygen atoms in total. The zero-order chi connectivity index (χ0) is 24.5. The molecule has 1 aliphatic rings. The van der Waals surface area contributed by atoms with Gasteiger partial charge in [0.1, 0.15) is 11.2 Å². The minimum atomic E-state index is -0.550. The van der Waals surface area contributed by atoms with Gasteiger partial charge in [0.2, 0.25) is 0 Å². The van der Waals surface area contributed by atoms with E-state index in [1.54, 1.807) is 17.0 Å². The van der Waals surface area contributed by atoms with E-state index >= 15 is 0 Å². The van der Waals surface area contributed by atoms with Crippen molar-refractivity contribution in [2.24, 2.45) is 5.92 Å². The summed E-state index contributed by atoms with van der Waals surface area (Å²) in [6, 6.07) is 14.6. The highest BCUT2D eigenvalue weighted by Gasteiger charge is 2.28. The predicted octanol–water partition coefficient (Wildman–Crippen LogP) is 4.76. The summed E-state index contributed by atoms with van der Waals surface area (Å²) in [6.07, 6.45) is 0.341. The van der Waals surface area contributed by atoms with E-state index in [2.05, 4.69) is 5.32 Å². The lowest BCUT2D eigenvalue weighted by atomic mass is 9.97. The van der Waals surface area contributed by atoms with E-state index in [0.717, 1.165) is 28.5 Å². The number of carbonyl (C=O) groups is 2. The maximum atomic E-state index is 13.2. The molecule has 1 fully saturated rings. The molecule has 2 amide bonds. The third-order valence-corrected chi connectivity index (χ3v) is 5.93. The summed E-state index contributed by atoms with van der Waals surface area (Å²) in [5, 5.41) is 3.57. The molecule has 1 saturated heterocycles. The van der Waals surface area contributed by atoms with Crippen LogP contribution in [-0.4, -0.2) is 42.1 Å². The van der Waals surface area contributed by atoms with Crippen molar-refractivity contribution in [3.05, 3.63) is 70.1 Å². The number of amides is 2. The van der Waals surface area contributed by atoms with Gasteiger partial charge < -0.3 is 19.4 Å². The van der Waals surface area contributed by atoms with Crippen molar-refractivity contribution in [3.8, 4) is 11.1 Å². The lowest BCUT2D eigenvalue weighted by molar-refractivity contribution is 0.0520. The molecule has 2 aromatic carbocycles. The fourth-order valence-corrected chi connectivity index (χ4v) is 4.30. The fraction of sp³-hybridized carbons (Fsp3) is 0.370. The number of benzene rings is 2. The molecule has 1 atom stereocenters. The number of hydrogen-bond acceptors (Lipinski definition) is 5. The Morgan fingerprint density at radius 1 is 1.12 bits per heavy atom. The van der Waals surface area contributed by atoms with E-state index in [0.29, 0.717) is 30.8 Å². The number of aryl methyl sites for hydroxylation is 1. The van der Waals surface area contributed by atoms with Gasteiger partial charge >= 0.3 is 11.7 Å². The lowest BCUT2D eigenvalue weighted by Crippen LogP contribution is -2.36. The van der Waals surface area contributed by atoms with Crippen LogP contribution in [0.25, 0.3) is 22.1 Å². The van der Waals surface area contributed by atoms with Gasteiger partial charge in [-0.2, -0.15) is 0 Å². The molecule has 7 heteroatoms. The number of likely N-dealkylation sites (tertiary alicyclic amines) is 1. The number of fused-ring (bicyclic) bond motifs is 1. The Hall–Kier alpha value is -3.61. The van der Waals surface area contributed by atoms with E-state index in [-0.39, 0.29) is 11.8 Å². The standard InChI is InChI=1S/C27H30N2O5/c1-17-7-5-6-8-20(17)22-14-24(30)33-23-13-19(9-10-21(22)23)25(31)29-12-11-18(16-29)15-28-26(32)34-27(2,3)4/h5-10,13-14,18H,11-12,15-16H2,1-4H3,(H,28,32)/t18-/m1/s1. The van der Waals surface area contributed by atoms with E-state index in [9.17, 15) is 14.4 Å². The minimum Gasteiger partial charge on any atom is -0.444 e. The topological polar surface area (TPSA) is 88.9 Å². The molecule has 0 radical (unpaired) electrons. The zero-order valence-electron chi connectivity index (χ0n) is 20.0. The molecule has 1 N–H and O–H groups in total. The molecule has 0 aliphatic carbocycles. The second-order valence-corrected chi connectivity index (χ2v) is 9.79. The number of nitrogens with zero attached hydrogens (tertiary/aromatic N) is 1. The summed E-state index contributed by atoms with van der Waals surface area (Å²) >= 11 is 0. The molecule has 0 spiro atoms. The Bertz CT molecular complexity index is 1290. The third-order valence-electron chi connectivity index (χ3n) is 5.93. The van der Waals surface area contributed by atoms with Crippen LogP contribution < -0.4 is 10.9 Å². The largest absolute Gasteiger partial charge is 0.444 e. The molecule has 178 valence electrons. The molecular weight excluding hydrogens is 432 g/mol. The first-order valence-electron chi connectivity index (χ1n) is 11.5. The lowest BCUT2D eigenvalue weighted by Gasteiger charge is -2.21. The average molecular weight is 463 g/mol. The average Bonchev–Trinajstić information content (AvgIpc) is 3.24. The Balaban J connectivity index is 1.49. The Labute approximate surface area is 198 Å². The second kappa shape index (κ2) is 9.33. The van der Waals surface area contributed by atoms with E-state index < -0.39 is 17.3 Å². The van der Waals surface area contributed by atoms with Crippen molar-refractivity contribution in [1.29, 1.82) is 0 Å². The second-order valence-electron chi connectivity index (χ2n) is 9.79. The highest BCUT2D eigenvalue weighted by atomic mass is 16.6. The van der Waals surface area contributed by atoms with Crippen molar-refractivity contribution in [2.75, 3.05) is 19.6 Å². The monoisotopic (exact) mass is 462 g/mol. The smallest absolute Gasteiger partial charge is 0.407 e. The Morgan fingerprint density at radius 2 is 1.88 bits per heavy atom. The molecule has 2 heterocycles. The van der Waals surface area contributed by atoms with Gasteiger partial charge in [0, 0.05) is 42.2 Å². The first-order chi connectivity index (χ1) is 16.1. The molecule has 34 heavy (non-hydrogen) atoms. The zero-order valence-corrected chi connectivity index (χ0v) is 20.0. The van der Waals surface area contributed by atoms with Crippen LogP contribution >= 0.6 is 0 Å². The van der Waals surface area contributed by atoms with E-state index in [4.69, 9.17) is 9.15 Å². The van der Waals surface area contributed by atoms with Gasteiger partial charge in [-0.1, -0.05) is 24.3 Å². The SMILES string of the molecule is Cc1ccccc1-c1cc(=O)oc2cc(C(=O)N3CC[C@H](CNC(=O)OC(C)(C)C)C3)ccc12. The molecule has 3 aromatic rings. The van der Waals surface area contributed by atoms with Gasteiger partial charge in [-0.3, -0.25) is 4.79 Å². The number of nitrogens with one attached hydrogen (secondary N) is 1. The highest BCUT2D eigenvalue weighted by Crippen LogP contribution is 2.30. The summed E-state index contributed by atoms with van der Waals surface area (Å²) in [5.41, 5.74) is 2.66. The van der Waals surface area contributed by atoms with E-state index in [1.165, 1.54) is 6.07 Å². The Morgan fingerprint density at radius 3 is 2.62 bits per heavy atom. The van der Waals surface area contributed by atoms with Crippen molar-refractivity contribution in [1.82, 2.24) is 10.2 Å². The normalized spacial score (nSPS) is 16.0. The molecular formula is C27H30N2O5. The highest BCUT2D eigenvalue weighted by molar-refractivity contribution is 6.01.